The van der Waals surface area contributed by atoms with Crippen molar-refractivity contribution in [1.82, 2.24) is 10.2 Å². The van der Waals surface area contributed by atoms with Crippen LogP contribution in [0.4, 0.5) is 4.39 Å². The molecule has 3 heteroatoms. The molecule has 1 aromatic carbocycles. The first-order valence-corrected chi connectivity index (χ1v) is 7.91. The average Bonchev–Trinajstić information content (AvgIpc) is 2.91. The van der Waals surface area contributed by atoms with Gasteiger partial charge in [-0.2, -0.15) is 0 Å². The zero-order valence-corrected chi connectivity index (χ0v) is 12.7. The van der Waals surface area contributed by atoms with E-state index in [4.69, 9.17) is 0 Å². The molecule has 20 heavy (non-hydrogen) atoms. The van der Waals surface area contributed by atoms with Crippen LogP contribution in [0.15, 0.2) is 24.3 Å². The van der Waals surface area contributed by atoms with E-state index in [1.165, 1.54) is 25.3 Å². The summed E-state index contributed by atoms with van der Waals surface area (Å²) in [5.74, 6) is -0.130. The summed E-state index contributed by atoms with van der Waals surface area (Å²) >= 11 is 0. The molecule has 1 heterocycles. The largest absolute Gasteiger partial charge is 0.313 e. The number of benzene rings is 1. The zero-order chi connectivity index (χ0) is 14.4. The summed E-state index contributed by atoms with van der Waals surface area (Å²) in [6, 6.07) is 8.10. The second-order valence-corrected chi connectivity index (χ2v) is 5.97. The highest BCUT2D eigenvalue weighted by Crippen LogP contribution is 2.14. The van der Waals surface area contributed by atoms with Crippen LogP contribution in [-0.2, 0) is 6.42 Å². The van der Waals surface area contributed by atoms with Crippen LogP contribution in [0.3, 0.4) is 0 Å². The summed E-state index contributed by atoms with van der Waals surface area (Å²) in [5.41, 5.74) is 1.10. The van der Waals surface area contributed by atoms with E-state index in [-0.39, 0.29) is 5.82 Å². The van der Waals surface area contributed by atoms with Gasteiger partial charge in [-0.3, -0.25) is 4.90 Å². The highest BCUT2D eigenvalue weighted by Gasteiger charge is 2.21. The third-order valence-corrected chi connectivity index (χ3v) is 4.17. The van der Waals surface area contributed by atoms with E-state index in [1.807, 2.05) is 6.07 Å². The summed E-state index contributed by atoms with van der Waals surface area (Å²) in [6.07, 6.45) is 4.67. The van der Waals surface area contributed by atoms with Crippen molar-refractivity contribution in [2.75, 3.05) is 19.6 Å². The Hall–Kier alpha value is -0.930. The summed E-state index contributed by atoms with van der Waals surface area (Å²) < 4.78 is 13.3. The van der Waals surface area contributed by atoms with E-state index in [9.17, 15) is 4.39 Å². The van der Waals surface area contributed by atoms with Gasteiger partial charge in [-0.1, -0.05) is 19.1 Å². The Morgan fingerprint density at radius 2 is 2.30 bits per heavy atom. The molecule has 1 aromatic rings. The fourth-order valence-electron chi connectivity index (χ4n) is 3.11. The predicted octanol–water partition coefficient (Wildman–Crippen LogP) is 3.22. The van der Waals surface area contributed by atoms with Crippen LogP contribution in [0.2, 0.25) is 0 Å². The van der Waals surface area contributed by atoms with E-state index in [0.29, 0.717) is 12.1 Å². The third kappa shape index (κ3) is 4.57. The van der Waals surface area contributed by atoms with Crippen LogP contribution >= 0.6 is 0 Å². The third-order valence-electron chi connectivity index (χ3n) is 4.17. The first kappa shape index (κ1) is 15.5. The molecule has 0 radical (unpaired) electrons. The molecular weight excluding hydrogens is 251 g/mol. The van der Waals surface area contributed by atoms with E-state index < -0.39 is 0 Å². The van der Waals surface area contributed by atoms with Crippen molar-refractivity contribution in [3.8, 4) is 0 Å². The fourth-order valence-corrected chi connectivity index (χ4v) is 3.11. The van der Waals surface area contributed by atoms with Gasteiger partial charge in [0.1, 0.15) is 5.82 Å². The Labute approximate surface area is 122 Å². The van der Waals surface area contributed by atoms with Crippen LogP contribution in [0.5, 0.6) is 0 Å². The smallest absolute Gasteiger partial charge is 0.123 e. The molecule has 1 fully saturated rings. The minimum Gasteiger partial charge on any atom is -0.313 e. The summed E-state index contributed by atoms with van der Waals surface area (Å²) in [5, 5.41) is 3.57. The van der Waals surface area contributed by atoms with Gasteiger partial charge in [-0.15, -0.1) is 0 Å². The molecule has 0 spiro atoms. The average molecular weight is 278 g/mol. The lowest BCUT2D eigenvalue weighted by molar-refractivity contribution is 0.190. The van der Waals surface area contributed by atoms with Crippen LogP contribution in [0, 0.1) is 5.82 Å². The zero-order valence-electron chi connectivity index (χ0n) is 12.7. The van der Waals surface area contributed by atoms with Crippen LogP contribution in [0.1, 0.15) is 38.7 Å². The summed E-state index contributed by atoms with van der Waals surface area (Å²) in [6.45, 7) is 7.88. The molecule has 0 amide bonds. The summed E-state index contributed by atoms with van der Waals surface area (Å²) in [4.78, 5) is 2.55. The van der Waals surface area contributed by atoms with Crippen molar-refractivity contribution in [1.29, 1.82) is 0 Å². The Bertz CT molecular complexity index is 402. The number of nitrogens with one attached hydrogen (secondary N) is 1. The minimum absolute atomic E-state index is 0.130. The van der Waals surface area contributed by atoms with Crippen molar-refractivity contribution in [2.45, 2.75) is 51.6 Å². The molecular formula is C17H27FN2. The molecule has 0 bridgehead atoms. The Balaban J connectivity index is 1.93. The van der Waals surface area contributed by atoms with Gasteiger partial charge in [0.25, 0.3) is 0 Å². The quantitative estimate of drug-likeness (QED) is 0.824. The van der Waals surface area contributed by atoms with Crippen molar-refractivity contribution in [3.63, 3.8) is 0 Å². The highest BCUT2D eigenvalue weighted by atomic mass is 19.1. The topological polar surface area (TPSA) is 15.3 Å². The standard InChI is InChI=1S/C17H27FN2/c1-3-10-20(13-17-8-5-9-19-17)14(2)11-15-6-4-7-16(18)12-15/h4,6-7,12,14,17,19H,3,5,8-11,13H2,1-2H3. The van der Waals surface area contributed by atoms with Gasteiger partial charge < -0.3 is 5.32 Å². The maximum Gasteiger partial charge on any atom is 0.123 e. The van der Waals surface area contributed by atoms with E-state index in [0.717, 1.165) is 31.6 Å². The molecule has 112 valence electrons. The van der Waals surface area contributed by atoms with Gasteiger partial charge >= 0.3 is 0 Å². The molecule has 0 aromatic heterocycles. The van der Waals surface area contributed by atoms with Crippen molar-refractivity contribution in [3.05, 3.63) is 35.6 Å². The van der Waals surface area contributed by atoms with Crippen molar-refractivity contribution < 1.29 is 4.39 Å². The number of hydrogen-bond acceptors (Lipinski definition) is 2. The Kier molecular flexibility index (Phi) is 5.99. The molecule has 2 rings (SSSR count). The van der Waals surface area contributed by atoms with E-state index in [1.54, 1.807) is 12.1 Å². The normalized spacial score (nSPS) is 20.5. The predicted molar refractivity (Wildman–Crippen MR) is 82.5 cm³/mol. The molecule has 1 aliphatic heterocycles. The highest BCUT2D eigenvalue weighted by molar-refractivity contribution is 5.17. The van der Waals surface area contributed by atoms with Crippen molar-refractivity contribution in [2.24, 2.45) is 0 Å². The maximum atomic E-state index is 13.3. The molecule has 0 saturated carbocycles. The van der Waals surface area contributed by atoms with Crippen molar-refractivity contribution >= 4 is 0 Å². The van der Waals surface area contributed by atoms with E-state index in [2.05, 4.69) is 24.1 Å². The van der Waals surface area contributed by atoms with E-state index >= 15 is 0 Å². The lowest BCUT2D eigenvalue weighted by Gasteiger charge is -2.31. The molecule has 1 aliphatic rings. The fraction of sp³-hybridized carbons (Fsp3) is 0.647. The number of halogens is 1. The van der Waals surface area contributed by atoms with Gasteiger partial charge in [-0.05, 0) is 63.4 Å². The molecule has 2 unspecified atom stereocenters. The molecule has 1 saturated heterocycles. The summed E-state index contributed by atoms with van der Waals surface area (Å²) in [7, 11) is 0. The van der Waals surface area contributed by atoms with Gasteiger partial charge in [0.2, 0.25) is 0 Å². The minimum atomic E-state index is -0.130. The molecule has 0 aliphatic carbocycles. The first-order valence-electron chi connectivity index (χ1n) is 7.91. The Morgan fingerprint density at radius 3 is 2.95 bits per heavy atom. The molecule has 2 atom stereocenters. The van der Waals surface area contributed by atoms with Crippen LogP contribution < -0.4 is 5.32 Å². The molecule has 2 nitrogen and oxygen atoms in total. The number of nitrogens with zero attached hydrogens (tertiary/aromatic N) is 1. The monoisotopic (exact) mass is 278 g/mol. The van der Waals surface area contributed by atoms with Gasteiger partial charge in [0.05, 0.1) is 0 Å². The van der Waals surface area contributed by atoms with Gasteiger partial charge in [-0.25, -0.2) is 4.39 Å². The van der Waals surface area contributed by atoms with Crippen LogP contribution in [0.25, 0.3) is 0 Å². The van der Waals surface area contributed by atoms with Gasteiger partial charge in [0.15, 0.2) is 0 Å². The lowest BCUT2D eigenvalue weighted by atomic mass is 10.0. The van der Waals surface area contributed by atoms with Crippen LogP contribution in [-0.4, -0.2) is 36.6 Å². The first-order chi connectivity index (χ1) is 9.69. The number of rotatable bonds is 7. The second kappa shape index (κ2) is 7.75. The SMILES string of the molecule is CCCN(CC1CCCN1)C(C)Cc1cccc(F)c1. The maximum absolute atomic E-state index is 13.3. The Morgan fingerprint density at radius 1 is 1.45 bits per heavy atom. The second-order valence-electron chi connectivity index (χ2n) is 5.97. The lowest BCUT2D eigenvalue weighted by Crippen LogP contribution is -2.43. The van der Waals surface area contributed by atoms with Gasteiger partial charge in [0, 0.05) is 18.6 Å². The molecule has 1 N–H and O–H groups in total. The number of hydrogen-bond donors (Lipinski definition) is 1.